The Labute approximate surface area is 118 Å². The van der Waals surface area contributed by atoms with Gasteiger partial charge in [-0.1, -0.05) is 31.0 Å². The minimum absolute atomic E-state index is 0.0290. The maximum absolute atomic E-state index is 12.1. The lowest BCUT2D eigenvalue weighted by Gasteiger charge is -2.09. The molecule has 0 saturated carbocycles. The molecule has 0 heterocycles. The molecule has 0 bridgehead atoms. The van der Waals surface area contributed by atoms with E-state index in [1.807, 2.05) is 6.92 Å². The Morgan fingerprint density at radius 3 is 2.68 bits per heavy atom. The number of anilines is 1. The fourth-order valence-corrected chi connectivity index (χ4v) is 3.47. The highest BCUT2D eigenvalue weighted by atomic mass is 35.5. The number of halogens is 1. The van der Waals surface area contributed by atoms with Crippen molar-refractivity contribution < 1.29 is 13.2 Å². The molecule has 0 aromatic heterocycles. The first kappa shape index (κ1) is 15.8. The normalized spacial score (nSPS) is 11.3. The fraction of sp³-hybridized carbons (Fsp3) is 0.417. The average molecular weight is 305 g/mol. The molecule has 3 N–H and O–H groups in total. The highest BCUT2D eigenvalue weighted by Gasteiger charge is 2.24. The fourth-order valence-electron chi connectivity index (χ4n) is 1.55. The van der Waals surface area contributed by atoms with E-state index in [-0.39, 0.29) is 15.6 Å². The van der Waals surface area contributed by atoms with Gasteiger partial charge in [-0.05, 0) is 18.6 Å². The molecular weight excluding hydrogens is 288 g/mol. The van der Waals surface area contributed by atoms with Gasteiger partial charge in [0.15, 0.2) is 9.84 Å². The van der Waals surface area contributed by atoms with Crippen molar-refractivity contribution in [2.24, 2.45) is 0 Å². The van der Waals surface area contributed by atoms with E-state index in [1.165, 1.54) is 12.1 Å². The second kappa shape index (κ2) is 6.77. The van der Waals surface area contributed by atoms with Gasteiger partial charge >= 0.3 is 0 Å². The van der Waals surface area contributed by atoms with Crippen molar-refractivity contribution in [2.75, 3.05) is 18.0 Å². The van der Waals surface area contributed by atoms with Gasteiger partial charge in [-0.15, -0.1) is 0 Å². The highest BCUT2D eigenvalue weighted by Crippen LogP contribution is 2.27. The summed E-state index contributed by atoms with van der Waals surface area (Å²) in [5.74, 6) is -1.20. The van der Waals surface area contributed by atoms with Crippen LogP contribution in [0.15, 0.2) is 23.1 Å². The summed E-state index contributed by atoms with van der Waals surface area (Å²) in [7, 11) is -3.83. The Balaban J connectivity index is 2.84. The molecule has 5 nitrogen and oxygen atoms in total. The molecule has 1 rings (SSSR count). The predicted octanol–water partition coefficient (Wildman–Crippen LogP) is 1.61. The molecule has 0 atom stereocenters. The number of amides is 1. The van der Waals surface area contributed by atoms with E-state index in [9.17, 15) is 13.2 Å². The third-order valence-electron chi connectivity index (χ3n) is 2.48. The van der Waals surface area contributed by atoms with Crippen LogP contribution in [-0.4, -0.2) is 26.6 Å². The topological polar surface area (TPSA) is 89.3 Å². The first-order valence-electron chi connectivity index (χ1n) is 5.92. The van der Waals surface area contributed by atoms with Gasteiger partial charge < -0.3 is 11.1 Å². The maximum atomic E-state index is 12.1. The van der Waals surface area contributed by atoms with Gasteiger partial charge in [-0.2, -0.15) is 0 Å². The van der Waals surface area contributed by atoms with E-state index in [0.717, 1.165) is 12.8 Å². The van der Waals surface area contributed by atoms with Crippen LogP contribution in [0.3, 0.4) is 0 Å². The quantitative estimate of drug-likeness (QED) is 0.617. The summed E-state index contributed by atoms with van der Waals surface area (Å²) in [6, 6.07) is 4.42. The number of nitrogen functional groups attached to an aromatic ring is 1. The van der Waals surface area contributed by atoms with E-state index in [0.29, 0.717) is 6.54 Å². The van der Waals surface area contributed by atoms with Gasteiger partial charge in [0.25, 0.3) is 0 Å². The van der Waals surface area contributed by atoms with Crippen molar-refractivity contribution in [3.8, 4) is 0 Å². The number of unbranched alkanes of at least 4 members (excludes halogenated alkanes) is 1. The monoisotopic (exact) mass is 304 g/mol. The number of carbonyl (C=O) groups excluding carboxylic acids is 1. The predicted molar refractivity (Wildman–Crippen MR) is 75.8 cm³/mol. The third-order valence-corrected chi connectivity index (χ3v) is 4.63. The molecule has 0 radical (unpaired) electrons. The molecule has 0 spiro atoms. The largest absolute Gasteiger partial charge is 0.398 e. The summed E-state index contributed by atoms with van der Waals surface area (Å²) in [5, 5.41) is 2.58. The molecular formula is C12H17ClN2O3S. The molecule has 0 aliphatic rings. The number of benzene rings is 1. The first-order valence-corrected chi connectivity index (χ1v) is 7.95. The Morgan fingerprint density at radius 1 is 1.42 bits per heavy atom. The molecule has 106 valence electrons. The molecule has 7 heteroatoms. The Morgan fingerprint density at radius 2 is 2.11 bits per heavy atom. The second-order valence-electron chi connectivity index (χ2n) is 4.12. The number of sulfone groups is 1. The van der Waals surface area contributed by atoms with Crippen molar-refractivity contribution in [1.82, 2.24) is 5.32 Å². The number of rotatable bonds is 6. The van der Waals surface area contributed by atoms with E-state index in [1.54, 1.807) is 6.07 Å². The summed E-state index contributed by atoms with van der Waals surface area (Å²) < 4.78 is 24.2. The Bertz CT molecular complexity index is 538. The highest BCUT2D eigenvalue weighted by molar-refractivity contribution is 7.92. The lowest BCUT2D eigenvalue weighted by Crippen LogP contribution is -2.31. The van der Waals surface area contributed by atoms with Crippen LogP contribution in [-0.2, 0) is 14.6 Å². The van der Waals surface area contributed by atoms with Crippen LogP contribution in [0.4, 0.5) is 5.69 Å². The van der Waals surface area contributed by atoms with Gasteiger partial charge in [0.2, 0.25) is 5.91 Å². The van der Waals surface area contributed by atoms with Crippen molar-refractivity contribution in [3.63, 3.8) is 0 Å². The van der Waals surface area contributed by atoms with E-state index < -0.39 is 21.5 Å². The van der Waals surface area contributed by atoms with Crippen molar-refractivity contribution in [3.05, 3.63) is 23.2 Å². The third kappa shape index (κ3) is 4.40. The second-order valence-corrected chi connectivity index (χ2v) is 6.45. The molecule has 19 heavy (non-hydrogen) atoms. The molecule has 1 aromatic rings. The van der Waals surface area contributed by atoms with Gasteiger partial charge in [-0.3, -0.25) is 4.79 Å². The summed E-state index contributed by atoms with van der Waals surface area (Å²) in [6.45, 7) is 2.44. The smallest absolute Gasteiger partial charge is 0.235 e. The van der Waals surface area contributed by atoms with Gasteiger partial charge in [0.1, 0.15) is 10.6 Å². The van der Waals surface area contributed by atoms with Crippen LogP contribution < -0.4 is 11.1 Å². The Kier molecular flexibility index (Phi) is 5.62. The van der Waals surface area contributed by atoms with Crippen molar-refractivity contribution in [2.45, 2.75) is 24.7 Å². The minimum Gasteiger partial charge on any atom is -0.398 e. The molecule has 0 aliphatic heterocycles. The van der Waals surface area contributed by atoms with Gasteiger partial charge in [0, 0.05) is 6.54 Å². The summed E-state index contributed by atoms with van der Waals surface area (Å²) in [6.07, 6.45) is 1.73. The molecule has 1 amide bonds. The number of carbonyl (C=O) groups is 1. The zero-order valence-corrected chi connectivity index (χ0v) is 12.2. The Hall–Kier alpha value is -1.27. The summed E-state index contributed by atoms with van der Waals surface area (Å²) in [5.41, 5.74) is 5.66. The van der Waals surface area contributed by atoms with Crippen molar-refractivity contribution >= 4 is 33.0 Å². The number of nitrogens with one attached hydrogen (secondary N) is 1. The zero-order chi connectivity index (χ0) is 14.5. The van der Waals surface area contributed by atoms with Crippen LogP contribution in [0.2, 0.25) is 5.02 Å². The van der Waals surface area contributed by atoms with Gasteiger partial charge in [0.05, 0.1) is 10.7 Å². The lowest BCUT2D eigenvalue weighted by molar-refractivity contribution is -0.118. The number of hydrogen-bond acceptors (Lipinski definition) is 4. The first-order chi connectivity index (χ1) is 8.88. The maximum Gasteiger partial charge on any atom is 0.235 e. The van der Waals surface area contributed by atoms with E-state index in [2.05, 4.69) is 5.32 Å². The van der Waals surface area contributed by atoms with E-state index in [4.69, 9.17) is 17.3 Å². The van der Waals surface area contributed by atoms with Crippen LogP contribution in [0.5, 0.6) is 0 Å². The van der Waals surface area contributed by atoms with Crippen LogP contribution in [0, 0.1) is 0 Å². The van der Waals surface area contributed by atoms with Crippen LogP contribution in [0.1, 0.15) is 19.8 Å². The zero-order valence-electron chi connectivity index (χ0n) is 10.6. The van der Waals surface area contributed by atoms with E-state index >= 15 is 0 Å². The molecule has 0 fully saturated rings. The molecule has 1 aromatic carbocycles. The standard InChI is InChI=1S/C12H17ClN2O3S/c1-2-3-7-15-11(16)8-19(17,18)12-9(13)5-4-6-10(12)14/h4-6H,2-3,7-8,14H2,1H3,(H,15,16). The number of hydrogen-bond donors (Lipinski definition) is 2. The lowest BCUT2D eigenvalue weighted by atomic mass is 10.3. The number of nitrogens with two attached hydrogens (primary N) is 1. The summed E-state index contributed by atoms with van der Waals surface area (Å²) >= 11 is 5.83. The van der Waals surface area contributed by atoms with Crippen LogP contribution in [0.25, 0.3) is 0 Å². The molecule has 0 saturated heterocycles. The summed E-state index contributed by atoms with van der Waals surface area (Å²) in [4.78, 5) is 11.4. The minimum atomic E-state index is -3.83. The molecule has 0 aliphatic carbocycles. The average Bonchev–Trinajstić information content (AvgIpc) is 2.27. The van der Waals surface area contributed by atoms with Crippen molar-refractivity contribution in [1.29, 1.82) is 0 Å². The molecule has 0 unspecified atom stereocenters. The van der Waals surface area contributed by atoms with Gasteiger partial charge in [-0.25, -0.2) is 8.42 Å². The SMILES string of the molecule is CCCCNC(=O)CS(=O)(=O)c1c(N)cccc1Cl. The van der Waals surface area contributed by atoms with Crippen LogP contribution >= 0.6 is 11.6 Å².